The lowest BCUT2D eigenvalue weighted by atomic mass is 10.0. The zero-order valence-electron chi connectivity index (χ0n) is 17.9. The van der Waals surface area contributed by atoms with Gasteiger partial charge in [-0.05, 0) is 41.8 Å². The second-order valence-electron chi connectivity index (χ2n) is 7.00. The van der Waals surface area contributed by atoms with E-state index >= 15 is 0 Å². The summed E-state index contributed by atoms with van der Waals surface area (Å²) in [5, 5.41) is 13.9. The summed E-state index contributed by atoms with van der Waals surface area (Å²) in [6.07, 6.45) is 0. The summed E-state index contributed by atoms with van der Waals surface area (Å²) in [7, 11) is 3.07. The molecule has 0 saturated carbocycles. The molecular formula is C22H25N5O3S. The van der Waals surface area contributed by atoms with Gasteiger partial charge in [0.05, 0.1) is 18.6 Å². The van der Waals surface area contributed by atoms with Gasteiger partial charge in [-0.15, -0.1) is 10.2 Å². The molecule has 0 unspecified atom stereocenters. The van der Waals surface area contributed by atoms with E-state index in [1.54, 1.807) is 7.11 Å². The molecule has 0 saturated heterocycles. The summed E-state index contributed by atoms with van der Waals surface area (Å²) in [5.41, 5.74) is 2.95. The average Bonchev–Trinajstić information content (AvgIpc) is 3.21. The Morgan fingerprint density at radius 2 is 1.81 bits per heavy atom. The Labute approximate surface area is 185 Å². The Kier molecular flexibility index (Phi) is 7.30. The number of hydrogen-bond donors (Lipinski definition) is 2. The number of hydrogen-bond acceptors (Lipinski definition) is 6. The van der Waals surface area contributed by atoms with E-state index in [-0.39, 0.29) is 11.7 Å². The zero-order valence-corrected chi connectivity index (χ0v) is 18.7. The Morgan fingerprint density at radius 3 is 2.45 bits per heavy atom. The summed E-state index contributed by atoms with van der Waals surface area (Å²) in [5.74, 6) is 1.29. The molecule has 0 fully saturated rings. The van der Waals surface area contributed by atoms with Gasteiger partial charge in [-0.2, -0.15) is 0 Å². The van der Waals surface area contributed by atoms with Crippen LogP contribution in [0.15, 0.2) is 53.7 Å². The highest BCUT2D eigenvalue weighted by atomic mass is 32.2. The molecule has 0 aliphatic heterocycles. The number of ether oxygens (including phenoxy) is 1. The molecule has 0 radical (unpaired) electrons. The van der Waals surface area contributed by atoms with Gasteiger partial charge in [0.2, 0.25) is 5.91 Å². The van der Waals surface area contributed by atoms with E-state index < -0.39 is 11.9 Å². The molecule has 2 N–H and O–H groups in total. The zero-order chi connectivity index (χ0) is 22.4. The number of benzene rings is 2. The van der Waals surface area contributed by atoms with Crippen molar-refractivity contribution in [3.63, 3.8) is 0 Å². The van der Waals surface area contributed by atoms with Crippen molar-refractivity contribution >= 4 is 23.7 Å². The van der Waals surface area contributed by atoms with E-state index in [9.17, 15) is 9.59 Å². The first kappa shape index (κ1) is 22.4. The van der Waals surface area contributed by atoms with Crippen LogP contribution < -0.4 is 15.4 Å². The van der Waals surface area contributed by atoms with E-state index in [1.165, 1.54) is 18.8 Å². The first-order valence-corrected chi connectivity index (χ1v) is 10.8. The van der Waals surface area contributed by atoms with E-state index in [0.29, 0.717) is 11.0 Å². The topological polar surface area (TPSA) is 98.1 Å². The molecule has 0 bridgehead atoms. The van der Waals surface area contributed by atoms with Crippen molar-refractivity contribution in [1.29, 1.82) is 0 Å². The highest BCUT2D eigenvalue weighted by Gasteiger charge is 2.20. The second kappa shape index (κ2) is 10.1. The highest BCUT2D eigenvalue weighted by Crippen LogP contribution is 2.32. The maximum absolute atomic E-state index is 12.1. The predicted octanol–water partition coefficient (Wildman–Crippen LogP) is 3.61. The SMILES string of the molecule is CNC(=O)NC(=O)CSc1nnc(-c2ccc(OC)cc2)n1-c1ccccc1C(C)C. The monoisotopic (exact) mass is 439 g/mol. The van der Waals surface area contributed by atoms with Crippen LogP contribution in [-0.2, 0) is 4.79 Å². The molecule has 8 nitrogen and oxygen atoms in total. The van der Waals surface area contributed by atoms with E-state index in [4.69, 9.17) is 4.74 Å². The first-order valence-electron chi connectivity index (χ1n) is 9.78. The number of amides is 3. The minimum Gasteiger partial charge on any atom is -0.497 e. The number of carbonyl (C=O) groups is 2. The number of para-hydroxylation sites is 1. The number of urea groups is 1. The van der Waals surface area contributed by atoms with Crippen LogP contribution in [0, 0.1) is 0 Å². The van der Waals surface area contributed by atoms with Crippen molar-refractivity contribution in [2.45, 2.75) is 24.9 Å². The second-order valence-corrected chi connectivity index (χ2v) is 7.94. The quantitative estimate of drug-likeness (QED) is 0.546. The molecule has 162 valence electrons. The molecule has 3 aromatic rings. The number of methoxy groups -OCH3 is 1. The molecule has 2 aromatic carbocycles. The molecule has 0 spiro atoms. The number of imide groups is 1. The van der Waals surface area contributed by atoms with Crippen molar-refractivity contribution in [2.24, 2.45) is 0 Å². The number of rotatable bonds is 7. The molecule has 9 heteroatoms. The van der Waals surface area contributed by atoms with Crippen molar-refractivity contribution in [3.05, 3.63) is 54.1 Å². The van der Waals surface area contributed by atoms with Gasteiger partial charge in [-0.1, -0.05) is 43.8 Å². The van der Waals surface area contributed by atoms with Gasteiger partial charge in [0, 0.05) is 12.6 Å². The summed E-state index contributed by atoms with van der Waals surface area (Å²) in [6.45, 7) is 4.25. The maximum atomic E-state index is 12.1. The van der Waals surface area contributed by atoms with Crippen molar-refractivity contribution in [1.82, 2.24) is 25.4 Å². The molecule has 3 rings (SSSR count). The third-order valence-electron chi connectivity index (χ3n) is 4.59. The fourth-order valence-corrected chi connectivity index (χ4v) is 3.79. The van der Waals surface area contributed by atoms with Crippen LogP contribution in [0.5, 0.6) is 5.75 Å². The normalized spacial score (nSPS) is 10.7. The number of aromatic nitrogens is 3. The van der Waals surface area contributed by atoms with Crippen molar-refractivity contribution in [2.75, 3.05) is 19.9 Å². The molecule has 3 amide bonds. The lowest BCUT2D eigenvalue weighted by Crippen LogP contribution is -2.38. The molecule has 1 heterocycles. The maximum Gasteiger partial charge on any atom is 0.321 e. The van der Waals surface area contributed by atoms with E-state index in [0.717, 1.165) is 22.6 Å². The molecular weight excluding hydrogens is 414 g/mol. The van der Waals surface area contributed by atoms with Crippen LogP contribution in [0.2, 0.25) is 0 Å². The Hall–Kier alpha value is -3.33. The average molecular weight is 440 g/mol. The van der Waals surface area contributed by atoms with E-state index in [2.05, 4.69) is 40.7 Å². The molecule has 0 aliphatic rings. The van der Waals surface area contributed by atoms with Crippen LogP contribution >= 0.6 is 11.8 Å². The van der Waals surface area contributed by atoms with Crippen molar-refractivity contribution < 1.29 is 14.3 Å². The summed E-state index contributed by atoms with van der Waals surface area (Å²) < 4.78 is 7.21. The van der Waals surface area contributed by atoms with Crippen LogP contribution in [-0.4, -0.2) is 46.6 Å². The smallest absolute Gasteiger partial charge is 0.321 e. The van der Waals surface area contributed by atoms with Gasteiger partial charge in [-0.25, -0.2) is 4.79 Å². The highest BCUT2D eigenvalue weighted by molar-refractivity contribution is 7.99. The Bertz CT molecular complexity index is 1060. The van der Waals surface area contributed by atoms with Gasteiger partial charge in [0.15, 0.2) is 11.0 Å². The number of carbonyl (C=O) groups excluding carboxylic acids is 2. The van der Waals surface area contributed by atoms with E-state index in [1.807, 2.05) is 47.0 Å². The Balaban J connectivity index is 2.03. The van der Waals surface area contributed by atoms with Crippen LogP contribution in [0.25, 0.3) is 17.1 Å². The van der Waals surface area contributed by atoms with Crippen LogP contribution in [0.4, 0.5) is 4.79 Å². The third-order valence-corrected chi connectivity index (χ3v) is 5.52. The fourth-order valence-electron chi connectivity index (χ4n) is 3.04. The lowest BCUT2D eigenvalue weighted by molar-refractivity contribution is -0.117. The molecule has 0 aliphatic carbocycles. The van der Waals surface area contributed by atoms with Gasteiger partial charge >= 0.3 is 6.03 Å². The summed E-state index contributed by atoms with van der Waals surface area (Å²) in [4.78, 5) is 23.5. The summed E-state index contributed by atoms with van der Waals surface area (Å²) in [6, 6.07) is 15.1. The predicted molar refractivity (Wildman–Crippen MR) is 121 cm³/mol. The summed E-state index contributed by atoms with van der Waals surface area (Å²) >= 11 is 1.22. The number of thioether (sulfide) groups is 1. The minimum absolute atomic E-state index is 0.0258. The van der Waals surface area contributed by atoms with Crippen LogP contribution in [0.3, 0.4) is 0 Å². The number of nitrogens with zero attached hydrogens (tertiary/aromatic N) is 3. The number of nitrogens with one attached hydrogen (secondary N) is 2. The standard InChI is InChI=1S/C22H25N5O3S/c1-14(2)17-7-5-6-8-18(17)27-20(15-9-11-16(30-4)12-10-15)25-26-22(27)31-13-19(28)24-21(29)23-3/h5-12,14H,13H2,1-4H3,(H2,23,24,28,29). The Morgan fingerprint density at radius 1 is 1.10 bits per heavy atom. The van der Waals surface area contributed by atoms with Gasteiger partial charge in [0.1, 0.15) is 5.75 Å². The van der Waals surface area contributed by atoms with Crippen LogP contribution in [0.1, 0.15) is 25.3 Å². The fraction of sp³-hybridized carbons (Fsp3) is 0.273. The molecule has 31 heavy (non-hydrogen) atoms. The molecule has 1 aromatic heterocycles. The molecule has 0 atom stereocenters. The lowest BCUT2D eigenvalue weighted by Gasteiger charge is -2.17. The van der Waals surface area contributed by atoms with Crippen molar-refractivity contribution in [3.8, 4) is 22.8 Å². The third kappa shape index (κ3) is 5.24. The largest absolute Gasteiger partial charge is 0.497 e. The van der Waals surface area contributed by atoms with Gasteiger partial charge < -0.3 is 10.1 Å². The first-order chi connectivity index (χ1) is 14.9. The minimum atomic E-state index is -0.545. The van der Waals surface area contributed by atoms with Gasteiger partial charge in [-0.3, -0.25) is 14.7 Å². The van der Waals surface area contributed by atoms with Gasteiger partial charge in [0.25, 0.3) is 0 Å².